The molecule has 1 aliphatic rings. The van der Waals surface area contributed by atoms with Crippen LogP contribution in [-0.2, 0) is 4.74 Å². The van der Waals surface area contributed by atoms with E-state index >= 15 is 0 Å². The van der Waals surface area contributed by atoms with Crippen molar-refractivity contribution in [3.8, 4) is 0 Å². The van der Waals surface area contributed by atoms with Crippen LogP contribution in [0.1, 0.15) is 6.23 Å². The van der Waals surface area contributed by atoms with Crippen molar-refractivity contribution in [1.82, 2.24) is 9.55 Å². The molecule has 2 rings (SSSR count). The molecule has 0 aromatic carbocycles. The molecule has 7 nitrogen and oxygen atoms in total. The van der Waals surface area contributed by atoms with Crippen molar-refractivity contribution in [3.63, 3.8) is 0 Å². The lowest BCUT2D eigenvalue weighted by Gasteiger charge is -2.16. The molecule has 0 radical (unpaired) electrons. The van der Waals surface area contributed by atoms with Gasteiger partial charge in [0.1, 0.15) is 6.10 Å². The summed E-state index contributed by atoms with van der Waals surface area (Å²) in [5.74, 6) is 0. The zero-order chi connectivity index (χ0) is 12.6. The zero-order valence-electron chi connectivity index (χ0n) is 8.68. The van der Waals surface area contributed by atoms with Crippen molar-refractivity contribution >= 4 is 12.6 Å². The summed E-state index contributed by atoms with van der Waals surface area (Å²) >= 11 is 4.14. The predicted octanol–water partition coefficient (Wildman–Crippen LogP) is -1.91. The number of aromatic nitrogens is 2. The van der Waals surface area contributed by atoms with Gasteiger partial charge in [-0.2, -0.15) is 12.6 Å². The molecule has 0 spiro atoms. The maximum Gasteiger partial charge on any atom is 0.330 e. The third-order valence-electron chi connectivity index (χ3n) is 2.64. The Labute approximate surface area is 101 Å². The minimum atomic E-state index is -0.979. The van der Waals surface area contributed by atoms with Crippen LogP contribution in [0.25, 0.3) is 0 Å². The molecule has 8 heteroatoms. The second-order valence-corrected chi connectivity index (χ2v) is 4.34. The van der Waals surface area contributed by atoms with Gasteiger partial charge in [0, 0.05) is 12.3 Å². The number of aromatic amines is 1. The van der Waals surface area contributed by atoms with Crippen LogP contribution in [0.3, 0.4) is 0 Å². The Hall–Kier alpha value is -1.09. The monoisotopic (exact) mass is 260 g/mol. The molecule has 1 aliphatic heterocycles. The molecular weight excluding hydrogens is 248 g/mol. The molecule has 1 saturated heterocycles. The number of ether oxygens (including phenoxy) is 1. The largest absolute Gasteiger partial charge is 0.394 e. The molecule has 4 unspecified atom stereocenters. The Morgan fingerprint density at radius 3 is 2.76 bits per heavy atom. The van der Waals surface area contributed by atoms with Gasteiger partial charge in [0.2, 0.25) is 0 Å². The predicted molar refractivity (Wildman–Crippen MR) is 61.1 cm³/mol. The molecule has 17 heavy (non-hydrogen) atoms. The molecule has 0 saturated carbocycles. The highest BCUT2D eigenvalue weighted by atomic mass is 32.1. The minimum Gasteiger partial charge on any atom is -0.394 e. The number of thiol groups is 1. The van der Waals surface area contributed by atoms with Crippen molar-refractivity contribution in [2.75, 3.05) is 6.61 Å². The van der Waals surface area contributed by atoms with Gasteiger partial charge in [0.05, 0.1) is 18.0 Å². The first-order valence-corrected chi connectivity index (χ1v) is 5.50. The lowest BCUT2D eigenvalue weighted by molar-refractivity contribution is -0.0457. The first-order valence-electron chi connectivity index (χ1n) is 4.98. The van der Waals surface area contributed by atoms with Gasteiger partial charge < -0.3 is 14.9 Å². The smallest absolute Gasteiger partial charge is 0.330 e. The fourth-order valence-corrected chi connectivity index (χ4v) is 2.14. The van der Waals surface area contributed by atoms with E-state index in [1.165, 1.54) is 12.3 Å². The molecule has 1 aromatic rings. The highest BCUT2D eigenvalue weighted by molar-refractivity contribution is 7.81. The summed E-state index contributed by atoms with van der Waals surface area (Å²) in [4.78, 5) is 24.5. The first-order chi connectivity index (χ1) is 8.04. The van der Waals surface area contributed by atoms with Crippen molar-refractivity contribution in [3.05, 3.63) is 33.1 Å². The fraction of sp³-hybridized carbons (Fsp3) is 0.556. The van der Waals surface area contributed by atoms with Crippen molar-refractivity contribution in [2.24, 2.45) is 0 Å². The van der Waals surface area contributed by atoms with Gasteiger partial charge in [0.25, 0.3) is 5.56 Å². The van der Waals surface area contributed by atoms with Crippen LogP contribution in [0.4, 0.5) is 0 Å². The number of nitrogens with zero attached hydrogens (tertiary/aromatic N) is 1. The van der Waals surface area contributed by atoms with E-state index in [9.17, 15) is 14.7 Å². The summed E-state index contributed by atoms with van der Waals surface area (Å²) in [5.41, 5.74) is -1.16. The van der Waals surface area contributed by atoms with E-state index in [2.05, 4.69) is 17.6 Å². The van der Waals surface area contributed by atoms with Crippen molar-refractivity contribution < 1.29 is 14.9 Å². The van der Waals surface area contributed by atoms with Gasteiger partial charge in [-0.25, -0.2) is 4.79 Å². The summed E-state index contributed by atoms with van der Waals surface area (Å²) in [6, 6.07) is 1.17. The van der Waals surface area contributed by atoms with Gasteiger partial charge in [-0.1, -0.05) is 0 Å². The summed E-state index contributed by atoms with van der Waals surface area (Å²) < 4.78 is 6.43. The number of aliphatic hydroxyl groups is 2. The van der Waals surface area contributed by atoms with Crippen molar-refractivity contribution in [1.29, 1.82) is 0 Å². The lowest BCUT2D eigenvalue weighted by atomic mass is 10.2. The third-order valence-corrected chi connectivity index (χ3v) is 3.20. The van der Waals surface area contributed by atoms with E-state index in [-0.39, 0.29) is 6.61 Å². The van der Waals surface area contributed by atoms with Gasteiger partial charge in [-0.3, -0.25) is 14.3 Å². The van der Waals surface area contributed by atoms with E-state index in [1.807, 2.05) is 0 Å². The molecule has 4 atom stereocenters. The summed E-state index contributed by atoms with van der Waals surface area (Å²) in [6.07, 6.45) is -1.33. The average Bonchev–Trinajstić information content (AvgIpc) is 2.57. The molecule has 0 amide bonds. The zero-order valence-corrected chi connectivity index (χ0v) is 9.58. The van der Waals surface area contributed by atoms with Crippen LogP contribution in [0.2, 0.25) is 0 Å². The Kier molecular flexibility index (Phi) is 3.38. The maximum atomic E-state index is 11.5. The first kappa shape index (κ1) is 12.4. The Morgan fingerprint density at radius 2 is 2.24 bits per heavy atom. The number of hydrogen-bond acceptors (Lipinski definition) is 6. The highest BCUT2D eigenvalue weighted by Gasteiger charge is 2.42. The average molecular weight is 260 g/mol. The molecule has 1 aromatic heterocycles. The van der Waals surface area contributed by atoms with Crippen LogP contribution in [0.5, 0.6) is 0 Å². The number of nitrogens with one attached hydrogen (secondary N) is 1. The third kappa shape index (κ3) is 2.16. The van der Waals surface area contributed by atoms with Gasteiger partial charge in [-0.05, 0) is 0 Å². The minimum absolute atomic E-state index is 0.368. The van der Waals surface area contributed by atoms with Crippen LogP contribution in [-0.4, -0.2) is 43.8 Å². The van der Waals surface area contributed by atoms with Gasteiger partial charge in [-0.15, -0.1) is 0 Å². The van der Waals surface area contributed by atoms with Crippen molar-refractivity contribution in [2.45, 2.75) is 23.7 Å². The van der Waals surface area contributed by atoms with Crippen LogP contribution in [0.15, 0.2) is 21.9 Å². The van der Waals surface area contributed by atoms with E-state index in [1.54, 1.807) is 0 Å². The summed E-state index contributed by atoms with van der Waals surface area (Å²) in [7, 11) is 0. The SMILES string of the molecule is O=c1ccn(C2OC(CO)C(O)C2S)c(=O)[nH]1. The van der Waals surface area contributed by atoms with E-state index < -0.39 is 34.9 Å². The molecular formula is C9H12N2O5S. The molecule has 2 heterocycles. The van der Waals surface area contributed by atoms with Gasteiger partial charge >= 0.3 is 5.69 Å². The summed E-state index contributed by atoms with van der Waals surface area (Å²) in [6.45, 7) is -0.368. The van der Waals surface area contributed by atoms with E-state index in [0.29, 0.717) is 0 Å². The van der Waals surface area contributed by atoms with E-state index in [0.717, 1.165) is 4.57 Å². The summed E-state index contributed by atoms with van der Waals surface area (Å²) in [5, 5.41) is 18.0. The fourth-order valence-electron chi connectivity index (χ4n) is 1.74. The maximum absolute atomic E-state index is 11.5. The second-order valence-electron chi connectivity index (χ2n) is 3.75. The van der Waals surface area contributed by atoms with Crippen LogP contribution < -0.4 is 11.2 Å². The number of H-pyrrole nitrogens is 1. The topological polar surface area (TPSA) is 105 Å². The van der Waals surface area contributed by atoms with Gasteiger partial charge in [0.15, 0.2) is 6.23 Å². The Morgan fingerprint density at radius 1 is 1.53 bits per heavy atom. The highest BCUT2D eigenvalue weighted by Crippen LogP contribution is 2.31. The Bertz CT molecular complexity index is 513. The Balaban J connectivity index is 2.35. The number of hydrogen-bond donors (Lipinski definition) is 4. The lowest BCUT2D eigenvalue weighted by Crippen LogP contribution is -2.35. The quantitative estimate of drug-likeness (QED) is 0.464. The molecule has 3 N–H and O–H groups in total. The number of aliphatic hydroxyl groups excluding tert-OH is 2. The van der Waals surface area contributed by atoms with Crippen LogP contribution >= 0.6 is 12.6 Å². The molecule has 1 fully saturated rings. The molecule has 0 bridgehead atoms. The van der Waals surface area contributed by atoms with Crippen LogP contribution in [0, 0.1) is 0 Å². The molecule has 0 aliphatic carbocycles. The van der Waals surface area contributed by atoms with E-state index in [4.69, 9.17) is 9.84 Å². The normalized spacial score (nSPS) is 32.9. The molecule has 94 valence electrons. The number of rotatable bonds is 2. The second kappa shape index (κ2) is 4.65. The standard InChI is InChI=1S/C9H12N2O5S/c12-3-4-6(14)7(17)8(16-4)11-2-1-5(13)10-9(11)15/h1-2,4,6-8,12,14,17H,3H2,(H,10,13,15).